The Morgan fingerprint density at radius 2 is 2.13 bits per heavy atom. The molecule has 0 aliphatic carbocycles. The fourth-order valence-corrected chi connectivity index (χ4v) is 4.24. The summed E-state index contributed by atoms with van der Waals surface area (Å²) in [6, 6.07) is 4.19. The van der Waals surface area contributed by atoms with Crippen molar-refractivity contribution in [3.8, 4) is 11.5 Å². The third-order valence-electron chi connectivity index (χ3n) is 5.73. The molecule has 0 radical (unpaired) electrons. The van der Waals surface area contributed by atoms with Crippen molar-refractivity contribution in [2.24, 2.45) is 4.99 Å². The predicted molar refractivity (Wildman–Crippen MR) is 121 cm³/mol. The summed E-state index contributed by atoms with van der Waals surface area (Å²) in [5.41, 5.74) is 2.24. The third-order valence-corrected chi connectivity index (χ3v) is 5.73. The van der Waals surface area contributed by atoms with Crippen LogP contribution < -0.4 is 20.1 Å². The Kier molecular flexibility index (Phi) is 6.94. The lowest BCUT2D eigenvalue weighted by Crippen LogP contribution is -2.37. The van der Waals surface area contributed by atoms with E-state index in [0.29, 0.717) is 19.7 Å². The van der Waals surface area contributed by atoms with Crippen molar-refractivity contribution >= 4 is 5.96 Å². The van der Waals surface area contributed by atoms with Crippen LogP contribution in [-0.2, 0) is 32.5 Å². The molecular formula is C23H34N6O2. The lowest BCUT2D eigenvalue weighted by atomic mass is 10.1. The number of aromatic nitrogens is 3. The van der Waals surface area contributed by atoms with E-state index >= 15 is 0 Å². The summed E-state index contributed by atoms with van der Waals surface area (Å²) in [7, 11) is 0. The molecule has 8 heteroatoms. The minimum absolute atomic E-state index is 0.209. The molecule has 1 aromatic carbocycles. The van der Waals surface area contributed by atoms with E-state index in [-0.39, 0.29) is 6.10 Å². The van der Waals surface area contributed by atoms with Crippen molar-refractivity contribution in [1.29, 1.82) is 0 Å². The van der Waals surface area contributed by atoms with Crippen LogP contribution in [0, 0.1) is 0 Å². The molecule has 2 aliphatic rings. The maximum absolute atomic E-state index is 5.94. The SMILES string of the molecule is CCNC(=NCc1cc2c(cc1OCC)CC(C)O2)NCc1nnc2n1CCCCC2. The van der Waals surface area contributed by atoms with Gasteiger partial charge in [0.1, 0.15) is 23.4 Å². The van der Waals surface area contributed by atoms with Crippen LogP contribution in [0.15, 0.2) is 17.1 Å². The van der Waals surface area contributed by atoms with Crippen LogP contribution in [0.2, 0.25) is 0 Å². The summed E-state index contributed by atoms with van der Waals surface area (Å²) in [5.74, 6) is 4.67. The van der Waals surface area contributed by atoms with Gasteiger partial charge in [-0.15, -0.1) is 10.2 Å². The lowest BCUT2D eigenvalue weighted by molar-refractivity contribution is 0.254. The molecule has 2 N–H and O–H groups in total. The van der Waals surface area contributed by atoms with Crippen LogP contribution >= 0.6 is 0 Å². The van der Waals surface area contributed by atoms with Gasteiger partial charge in [0.15, 0.2) is 11.8 Å². The summed E-state index contributed by atoms with van der Waals surface area (Å²) in [6.45, 7) is 9.68. The third kappa shape index (κ3) is 5.11. The van der Waals surface area contributed by atoms with Gasteiger partial charge in [-0.05, 0) is 45.7 Å². The molecule has 0 bridgehead atoms. The molecule has 0 spiro atoms. The van der Waals surface area contributed by atoms with Crippen LogP contribution in [0.5, 0.6) is 11.5 Å². The summed E-state index contributed by atoms with van der Waals surface area (Å²) < 4.78 is 14.1. The molecule has 0 saturated carbocycles. The molecule has 168 valence electrons. The Balaban J connectivity index is 1.47. The Morgan fingerprint density at radius 1 is 1.23 bits per heavy atom. The molecule has 1 unspecified atom stereocenters. The summed E-state index contributed by atoms with van der Waals surface area (Å²) >= 11 is 0. The molecule has 8 nitrogen and oxygen atoms in total. The summed E-state index contributed by atoms with van der Waals surface area (Å²) in [5, 5.41) is 15.5. The first-order valence-corrected chi connectivity index (χ1v) is 11.6. The Labute approximate surface area is 184 Å². The molecule has 1 aromatic heterocycles. The lowest BCUT2D eigenvalue weighted by Gasteiger charge is -2.14. The average Bonchev–Trinajstić information content (AvgIpc) is 3.22. The standard InChI is InChI=1S/C23H34N6O2/c1-4-24-23(26-15-22-28-27-21-9-7-6-8-10-29(21)22)25-14-18-13-20-17(11-16(3)31-20)12-19(18)30-5-2/h12-13,16H,4-11,14-15H2,1-3H3,(H2,24,25,26). The van der Waals surface area contributed by atoms with Crippen molar-refractivity contribution in [2.75, 3.05) is 13.2 Å². The van der Waals surface area contributed by atoms with Crippen molar-refractivity contribution in [3.05, 3.63) is 34.9 Å². The van der Waals surface area contributed by atoms with E-state index in [4.69, 9.17) is 14.5 Å². The number of ether oxygens (including phenoxy) is 2. The van der Waals surface area contributed by atoms with Crippen LogP contribution in [0.3, 0.4) is 0 Å². The van der Waals surface area contributed by atoms with E-state index in [1.165, 1.54) is 24.8 Å². The van der Waals surface area contributed by atoms with Gasteiger partial charge in [0.2, 0.25) is 0 Å². The van der Waals surface area contributed by atoms with Crippen LogP contribution in [0.4, 0.5) is 0 Å². The van der Waals surface area contributed by atoms with E-state index in [9.17, 15) is 0 Å². The molecule has 31 heavy (non-hydrogen) atoms. The number of aryl methyl sites for hydroxylation is 1. The number of nitrogens with one attached hydrogen (secondary N) is 2. The number of guanidine groups is 1. The van der Waals surface area contributed by atoms with Crippen LogP contribution in [0.1, 0.15) is 62.8 Å². The first-order chi connectivity index (χ1) is 15.2. The molecular weight excluding hydrogens is 392 g/mol. The highest BCUT2D eigenvalue weighted by atomic mass is 16.5. The topological polar surface area (TPSA) is 85.6 Å². The number of hydrogen-bond donors (Lipinski definition) is 2. The van der Waals surface area contributed by atoms with Gasteiger partial charge in [0.25, 0.3) is 0 Å². The van der Waals surface area contributed by atoms with E-state index in [2.05, 4.69) is 51.4 Å². The van der Waals surface area contributed by atoms with Gasteiger partial charge in [-0.3, -0.25) is 0 Å². The second-order valence-corrected chi connectivity index (χ2v) is 8.18. The van der Waals surface area contributed by atoms with E-state index < -0.39 is 0 Å². The maximum Gasteiger partial charge on any atom is 0.191 e. The van der Waals surface area contributed by atoms with Gasteiger partial charge in [0, 0.05) is 37.1 Å². The van der Waals surface area contributed by atoms with Gasteiger partial charge in [-0.25, -0.2) is 4.99 Å². The largest absolute Gasteiger partial charge is 0.494 e. The molecule has 2 aliphatic heterocycles. The fourth-order valence-electron chi connectivity index (χ4n) is 4.24. The number of fused-ring (bicyclic) bond motifs is 2. The molecule has 0 fully saturated rings. The molecule has 4 rings (SSSR count). The zero-order valence-corrected chi connectivity index (χ0v) is 18.9. The normalized spacial score (nSPS) is 18.0. The van der Waals surface area contributed by atoms with Gasteiger partial charge >= 0.3 is 0 Å². The minimum Gasteiger partial charge on any atom is -0.494 e. The number of hydrogen-bond acceptors (Lipinski definition) is 5. The Morgan fingerprint density at radius 3 is 2.97 bits per heavy atom. The quantitative estimate of drug-likeness (QED) is 0.523. The highest BCUT2D eigenvalue weighted by Gasteiger charge is 2.22. The van der Waals surface area contributed by atoms with Crippen molar-refractivity contribution in [3.63, 3.8) is 0 Å². The number of aliphatic imine (C=N–C) groups is 1. The van der Waals surface area contributed by atoms with E-state index in [1.807, 2.05) is 6.92 Å². The first-order valence-electron chi connectivity index (χ1n) is 11.6. The zero-order chi connectivity index (χ0) is 21.6. The predicted octanol–water partition coefficient (Wildman–Crippen LogP) is 2.98. The van der Waals surface area contributed by atoms with Gasteiger partial charge < -0.3 is 24.7 Å². The smallest absolute Gasteiger partial charge is 0.191 e. The average molecular weight is 427 g/mol. The highest BCUT2D eigenvalue weighted by Crippen LogP contribution is 2.35. The zero-order valence-electron chi connectivity index (χ0n) is 18.9. The molecule has 1 atom stereocenters. The second-order valence-electron chi connectivity index (χ2n) is 8.18. The monoisotopic (exact) mass is 426 g/mol. The van der Waals surface area contributed by atoms with Crippen LogP contribution in [-0.4, -0.2) is 40.0 Å². The van der Waals surface area contributed by atoms with Gasteiger partial charge in [-0.2, -0.15) is 0 Å². The number of nitrogens with zero attached hydrogens (tertiary/aromatic N) is 4. The molecule has 2 aromatic rings. The van der Waals surface area contributed by atoms with Gasteiger partial charge in [-0.1, -0.05) is 6.42 Å². The Hall–Kier alpha value is -2.77. The van der Waals surface area contributed by atoms with E-state index in [1.54, 1.807) is 0 Å². The first kappa shape index (κ1) is 21.5. The highest BCUT2D eigenvalue weighted by molar-refractivity contribution is 5.79. The summed E-state index contributed by atoms with van der Waals surface area (Å²) in [6.07, 6.45) is 5.78. The Bertz CT molecular complexity index is 923. The van der Waals surface area contributed by atoms with Crippen molar-refractivity contribution in [1.82, 2.24) is 25.4 Å². The fraction of sp³-hybridized carbons (Fsp3) is 0.609. The van der Waals surface area contributed by atoms with E-state index in [0.717, 1.165) is 60.6 Å². The van der Waals surface area contributed by atoms with Gasteiger partial charge in [0.05, 0.1) is 19.7 Å². The maximum atomic E-state index is 5.94. The summed E-state index contributed by atoms with van der Waals surface area (Å²) in [4.78, 5) is 4.80. The van der Waals surface area contributed by atoms with Crippen molar-refractivity contribution < 1.29 is 9.47 Å². The minimum atomic E-state index is 0.209. The van der Waals surface area contributed by atoms with Crippen LogP contribution in [0.25, 0.3) is 0 Å². The number of benzene rings is 1. The molecule has 3 heterocycles. The second kappa shape index (κ2) is 10.0. The molecule has 0 saturated heterocycles. The van der Waals surface area contributed by atoms with Crippen molar-refractivity contribution in [2.45, 2.75) is 78.6 Å². The number of rotatable bonds is 7. The molecule has 0 amide bonds.